The maximum absolute atomic E-state index is 12.7. The zero-order valence-corrected chi connectivity index (χ0v) is 11.5. The fourth-order valence-corrected chi connectivity index (χ4v) is 3.47. The molecule has 1 aromatic rings. The van der Waals surface area contributed by atoms with Crippen LogP contribution < -0.4 is 11.1 Å². The summed E-state index contributed by atoms with van der Waals surface area (Å²) in [5.74, 6) is 0.0413. The van der Waals surface area contributed by atoms with Crippen molar-refractivity contribution < 1.29 is 9.59 Å². The van der Waals surface area contributed by atoms with Crippen LogP contribution in [-0.4, -0.2) is 41.9 Å². The summed E-state index contributed by atoms with van der Waals surface area (Å²) >= 11 is 0. The minimum atomic E-state index is -0.505. The number of primary amides is 1. The van der Waals surface area contributed by atoms with E-state index in [4.69, 9.17) is 5.73 Å². The predicted molar refractivity (Wildman–Crippen MR) is 75.4 cm³/mol. The Morgan fingerprint density at radius 1 is 1.30 bits per heavy atom. The Kier molecular flexibility index (Phi) is 3.22. The molecular weight excluding hydrogens is 254 g/mol. The van der Waals surface area contributed by atoms with Crippen molar-refractivity contribution in [2.24, 2.45) is 11.7 Å². The van der Waals surface area contributed by atoms with Crippen molar-refractivity contribution >= 4 is 11.8 Å². The van der Waals surface area contributed by atoms with Gasteiger partial charge >= 0.3 is 0 Å². The lowest BCUT2D eigenvalue weighted by molar-refractivity contribution is 0.0682. The van der Waals surface area contributed by atoms with Crippen molar-refractivity contribution in [1.82, 2.24) is 10.2 Å². The van der Waals surface area contributed by atoms with Gasteiger partial charge in [0.1, 0.15) is 0 Å². The highest BCUT2D eigenvalue weighted by Gasteiger charge is 2.44. The van der Waals surface area contributed by atoms with E-state index < -0.39 is 5.91 Å². The molecule has 2 fully saturated rings. The summed E-state index contributed by atoms with van der Waals surface area (Å²) in [7, 11) is 0. The van der Waals surface area contributed by atoms with Crippen LogP contribution in [0.2, 0.25) is 0 Å². The standard InChI is InChI=1S/C15H19N3O2/c1-9-5-12-7-17-8-13(12)18(9)15(20)11-4-2-3-10(6-11)14(16)19/h2-4,6,9,12-13,17H,5,7-8H2,1H3,(H2,16,19). The Labute approximate surface area is 118 Å². The molecule has 2 heterocycles. The van der Waals surface area contributed by atoms with Crippen molar-refractivity contribution in [3.8, 4) is 0 Å². The van der Waals surface area contributed by atoms with Gasteiger partial charge in [-0.25, -0.2) is 0 Å². The summed E-state index contributed by atoms with van der Waals surface area (Å²) in [6.45, 7) is 3.94. The Bertz CT molecular complexity index is 558. The lowest BCUT2D eigenvalue weighted by Gasteiger charge is -2.27. The smallest absolute Gasteiger partial charge is 0.254 e. The summed E-state index contributed by atoms with van der Waals surface area (Å²) in [5.41, 5.74) is 6.20. The summed E-state index contributed by atoms with van der Waals surface area (Å²) in [6.07, 6.45) is 1.04. The largest absolute Gasteiger partial charge is 0.366 e. The molecule has 0 radical (unpaired) electrons. The molecule has 2 amide bonds. The number of carbonyl (C=O) groups is 2. The van der Waals surface area contributed by atoms with E-state index in [2.05, 4.69) is 12.2 Å². The first-order valence-corrected chi connectivity index (χ1v) is 7.01. The van der Waals surface area contributed by atoms with Crippen molar-refractivity contribution in [3.63, 3.8) is 0 Å². The van der Waals surface area contributed by atoms with Gasteiger partial charge in [-0.3, -0.25) is 9.59 Å². The van der Waals surface area contributed by atoms with Crippen molar-refractivity contribution in [3.05, 3.63) is 35.4 Å². The van der Waals surface area contributed by atoms with Crippen LogP contribution in [0, 0.1) is 5.92 Å². The molecule has 106 valence electrons. The van der Waals surface area contributed by atoms with Crippen LogP contribution in [-0.2, 0) is 0 Å². The molecule has 0 spiro atoms. The maximum Gasteiger partial charge on any atom is 0.254 e. The topological polar surface area (TPSA) is 75.4 Å². The third kappa shape index (κ3) is 2.08. The van der Waals surface area contributed by atoms with E-state index in [1.54, 1.807) is 24.3 Å². The number of nitrogens with two attached hydrogens (primary N) is 1. The monoisotopic (exact) mass is 273 g/mol. The van der Waals surface area contributed by atoms with Crippen LogP contribution >= 0.6 is 0 Å². The van der Waals surface area contributed by atoms with Gasteiger partial charge in [0.05, 0.1) is 0 Å². The second-order valence-electron chi connectivity index (χ2n) is 5.73. The number of rotatable bonds is 2. The molecule has 3 unspecified atom stereocenters. The maximum atomic E-state index is 12.7. The van der Waals surface area contributed by atoms with Crippen LogP contribution in [0.5, 0.6) is 0 Å². The minimum Gasteiger partial charge on any atom is -0.366 e. The normalized spacial score (nSPS) is 28.4. The third-order valence-corrected chi connectivity index (χ3v) is 4.41. The average Bonchev–Trinajstić information content (AvgIpc) is 2.98. The fourth-order valence-electron chi connectivity index (χ4n) is 3.47. The first-order chi connectivity index (χ1) is 9.58. The lowest BCUT2D eigenvalue weighted by atomic mass is 10.0. The van der Waals surface area contributed by atoms with Crippen LogP contribution in [0.25, 0.3) is 0 Å². The second kappa shape index (κ2) is 4.90. The van der Waals surface area contributed by atoms with Crippen LogP contribution in [0.1, 0.15) is 34.1 Å². The third-order valence-electron chi connectivity index (χ3n) is 4.41. The van der Waals surface area contributed by atoms with Crippen molar-refractivity contribution in [2.75, 3.05) is 13.1 Å². The number of benzene rings is 1. The molecule has 0 bridgehead atoms. The molecule has 2 aliphatic rings. The van der Waals surface area contributed by atoms with Crippen LogP contribution in [0.4, 0.5) is 0 Å². The van der Waals surface area contributed by atoms with Crippen molar-refractivity contribution in [2.45, 2.75) is 25.4 Å². The number of amides is 2. The molecule has 0 aromatic heterocycles. The molecule has 2 aliphatic heterocycles. The number of likely N-dealkylation sites (tertiary alicyclic amines) is 1. The van der Waals surface area contributed by atoms with Crippen LogP contribution in [0.3, 0.4) is 0 Å². The van der Waals surface area contributed by atoms with E-state index in [-0.39, 0.29) is 18.0 Å². The Morgan fingerprint density at radius 2 is 2.05 bits per heavy atom. The SMILES string of the molecule is CC1CC2CNCC2N1C(=O)c1cccc(C(N)=O)c1. The summed E-state index contributed by atoms with van der Waals surface area (Å²) in [5, 5.41) is 3.34. The number of carbonyl (C=O) groups excluding carboxylic acids is 2. The zero-order chi connectivity index (χ0) is 14.3. The molecule has 3 N–H and O–H groups in total. The first kappa shape index (κ1) is 13.1. The molecule has 5 nitrogen and oxygen atoms in total. The van der Waals surface area contributed by atoms with E-state index in [1.165, 1.54) is 0 Å². The number of nitrogens with zero attached hydrogens (tertiary/aromatic N) is 1. The molecule has 3 atom stereocenters. The highest BCUT2D eigenvalue weighted by Crippen LogP contribution is 2.33. The van der Waals surface area contributed by atoms with Crippen molar-refractivity contribution in [1.29, 1.82) is 0 Å². The van der Waals surface area contributed by atoms with Crippen LogP contribution in [0.15, 0.2) is 24.3 Å². The van der Waals surface area contributed by atoms with E-state index in [1.807, 2.05) is 4.90 Å². The molecule has 0 saturated carbocycles. The van der Waals surface area contributed by atoms with E-state index >= 15 is 0 Å². The first-order valence-electron chi connectivity index (χ1n) is 7.01. The van der Waals surface area contributed by atoms with Gasteiger partial charge in [-0.1, -0.05) is 6.07 Å². The van der Waals surface area contributed by atoms with Gasteiger partial charge in [0.15, 0.2) is 0 Å². The van der Waals surface area contributed by atoms with Gasteiger partial charge in [-0.05, 0) is 37.5 Å². The summed E-state index contributed by atoms with van der Waals surface area (Å²) in [6, 6.07) is 7.20. The van der Waals surface area contributed by atoms with Gasteiger partial charge in [-0.2, -0.15) is 0 Å². The molecule has 20 heavy (non-hydrogen) atoms. The van der Waals surface area contributed by atoms with Gasteiger partial charge < -0.3 is 16.0 Å². The number of hydrogen-bond acceptors (Lipinski definition) is 3. The van der Waals surface area contributed by atoms with Gasteiger partial charge in [-0.15, -0.1) is 0 Å². The number of fused-ring (bicyclic) bond motifs is 1. The molecular formula is C15H19N3O2. The molecule has 1 aromatic carbocycles. The van der Waals surface area contributed by atoms with E-state index in [0.29, 0.717) is 17.0 Å². The van der Waals surface area contributed by atoms with E-state index in [0.717, 1.165) is 19.5 Å². The second-order valence-corrected chi connectivity index (χ2v) is 5.73. The van der Waals surface area contributed by atoms with Gasteiger partial charge in [0.25, 0.3) is 5.91 Å². The fraction of sp³-hybridized carbons (Fsp3) is 0.467. The Morgan fingerprint density at radius 3 is 2.80 bits per heavy atom. The molecule has 2 saturated heterocycles. The highest BCUT2D eigenvalue weighted by molar-refractivity contribution is 5.99. The number of hydrogen-bond donors (Lipinski definition) is 2. The average molecular weight is 273 g/mol. The zero-order valence-electron chi connectivity index (χ0n) is 11.5. The Balaban J connectivity index is 1.88. The highest BCUT2D eigenvalue weighted by atomic mass is 16.2. The molecule has 5 heteroatoms. The van der Waals surface area contributed by atoms with Gasteiger partial charge in [0, 0.05) is 36.3 Å². The summed E-state index contributed by atoms with van der Waals surface area (Å²) < 4.78 is 0. The minimum absolute atomic E-state index is 0.00296. The Hall–Kier alpha value is -1.88. The molecule has 0 aliphatic carbocycles. The predicted octanol–water partition coefficient (Wildman–Crippen LogP) is 0.608. The quantitative estimate of drug-likeness (QED) is 0.829. The lowest BCUT2D eigenvalue weighted by Crippen LogP contribution is -2.42. The van der Waals surface area contributed by atoms with Gasteiger partial charge in [0.2, 0.25) is 5.91 Å². The molecule has 3 rings (SSSR count). The summed E-state index contributed by atoms with van der Waals surface area (Å²) in [4.78, 5) is 25.9. The van der Waals surface area contributed by atoms with E-state index in [9.17, 15) is 9.59 Å². The number of nitrogens with one attached hydrogen (secondary N) is 1.